The molecule has 0 bridgehead atoms. The number of aromatic nitrogens is 4. The summed E-state index contributed by atoms with van der Waals surface area (Å²) in [6.07, 6.45) is 0.144. The van der Waals surface area contributed by atoms with E-state index in [-0.39, 0.29) is 78.8 Å². The van der Waals surface area contributed by atoms with Gasteiger partial charge in [-0.15, -0.1) is 37.2 Å². The second kappa shape index (κ2) is 16.6. The Hall–Kier alpha value is -3.30. The van der Waals surface area contributed by atoms with E-state index >= 15 is 4.39 Å². The van der Waals surface area contributed by atoms with Crippen molar-refractivity contribution in [3.63, 3.8) is 0 Å². The predicted molar refractivity (Wildman–Crippen MR) is 191 cm³/mol. The SMILES string of the molecule is COCC1(CN(C)c2cc(-c3cc(F)cc(C(F)(F)F)c3)nc3nc(-c4ccc(C5(F)CCN(CCC(=O)O)CC5)cn4)[nH]c23)CCC1.Cl.Cl.Cl. The first-order valence-corrected chi connectivity index (χ1v) is 15.9. The zero-order valence-electron chi connectivity index (χ0n) is 27.9. The Bertz CT molecular complexity index is 1800. The molecule has 4 aromatic rings. The average Bonchev–Trinajstić information content (AvgIpc) is 3.47. The summed E-state index contributed by atoms with van der Waals surface area (Å²) in [4.78, 5) is 31.8. The number of fused-ring (bicyclic) bond motifs is 1. The number of hydrogen-bond acceptors (Lipinski definition) is 7. The fraction of sp³-hybridized carbons (Fsp3) is 0.471. The molecule has 4 heterocycles. The third-order valence-corrected chi connectivity index (χ3v) is 9.62. The van der Waals surface area contributed by atoms with Gasteiger partial charge in [0.1, 0.15) is 22.7 Å². The number of hydrogen-bond donors (Lipinski definition) is 2. The summed E-state index contributed by atoms with van der Waals surface area (Å²) in [5, 5.41) is 8.94. The van der Waals surface area contributed by atoms with Gasteiger partial charge in [-0.1, -0.05) is 12.5 Å². The van der Waals surface area contributed by atoms with Crippen LogP contribution < -0.4 is 4.90 Å². The molecule has 2 aliphatic rings. The van der Waals surface area contributed by atoms with Gasteiger partial charge in [-0.3, -0.25) is 9.78 Å². The molecule has 1 aliphatic carbocycles. The van der Waals surface area contributed by atoms with Gasteiger partial charge in [-0.05, 0) is 56.0 Å². The number of imidazole rings is 1. The number of aliphatic carboxylic acids is 1. The van der Waals surface area contributed by atoms with Gasteiger partial charge in [0.25, 0.3) is 0 Å². The number of carboxylic acids is 1. The number of likely N-dealkylation sites (tertiary alicyclic amines) is 1. The van der Waals surface area contributed by atoms with Crippen molar-refractivity contribution >= 4 is 60.0 Å². The van der Waals surface area contributed by atoms with Crippen molar-refractivity contribution in [2.75, 3.05) is 51.8 Å². The first-order valence-electron chi connectivity index (χ1n) is 15.9. The molecule has 2 fully saturated rings. The molecule has 9 nitrogen and oxygen atoms in total. The van der Waals surface area contributed by atoms with Crippen LogP contribution in [0.4, 0.5) is 27.6 Å². The van der Waals surface area contributed by atoms with Crippen molar-refractivity contribution in [1.82, 2.24) is 24.8 Å². The van der Waals surface area contributed by atoms with Crippen molar-refractivity contribution in [2.24, 2.45) is 5.41 Å². The number of benzene rings is 1. The van der Waals surface area contributed by atoms with Gasteiger partial charge >= 0.3 is 12.1 Å². The highest BCUT2D eigenvalue weighted by Crippen LogP contribution is 2.44. The molecule has 6 rings (SSSR count). The van der Waals surface area contributed by atoms with Gasteiger partial charge in [0.05, 0.1) is 30.0 Å². The third-order valence-electron chi connectivity index (χ3n) is 9.62. The van der Waals surface area contributed by atoms with Crippen LogP contribution in [0.25, 0.3) is 33.9 Å². The number of carbonyl (C=O) groups is 1. The van der Waals surface area contributed by atoms with Crippen molar-refractivity contribution < 1.29 is 36.6 Å². The number of nitrogens with one attached hydrogen (secondary N) is 1. The van der Waals surface area contributed by atoms with Crippen molar-refractivity contribution in [3.05, 3.63) is 59.5 Å². The molecule has 2 N–H and O–H groups in total. The van der Waals surface area contributed by atoms with E-state index in [9.17, 15) is 22.4 Å². The molecule has 3 aromatic heterocycles. The largest absolute Gasteiger partial charge is 0.481 e. The zero-order chi connectivity index (χ0) is 34.3. The van der Waals surface area contributed by atoms with Crippen LogP contribution in [0, 0.1) is 11.2 Å². The van der Waals surface area contributed by atoms with Crippen LogP contribution in [-0.4, -0.2) is 82.9 Å². The normalized spacial score (nSPS) is 16.7. The Balaban J connectivity index is 0.00000234. The number of nitrogens with zero attached hydrogens (tertiary/aromatic N) is 5. The lowest BCUT2D eigenvalue weighted by Crippen LogP contribution is -2.44. The molecule has 1 saturated carbocycles. The minimum Gasteiger partial charge on any atom is -0.481 e. The number of H-pyrrole nitrogens is 1. The molecule has 0 atom stereocenters. The highest BCUT2D eigenvalue weighted by atomic mass is 35.5. The number of pyridine rings is 2. The number of rotatable bonds is 11. The molecule has 280 valence electrons. The van der Waals surface area contributed by atoms with Gasteiger partial charge in [-0.2, -0.15) is 13.2 Å². The summed E-state index contributed by atoms with van der Waals surface area (Å²) >= 11 is 0. The van der Waals surface area contributed by atoms with Gasteiger partial charge in [0, 0.05) is 63.1 Å². The second-order valence-corrected chi connectivity index (χ2v) is 13.1. The average molecular weight is 782 g/mol. The van der Waals surface area contributed by atoms with Crippen LogP contribution in [0.2, 0.25) is 0 Å². The molecule has 0 radical (unpaired) electrons. The van der Waals surface area contributed by atoms with Crippen molar-refractivity contribution in [1.29, 1.82) is 0 Å². The van der Waals surface area contributed by atoms with Crippen LogP contribution in [-0.2, 0) is 21.4 Å². The standard InChI is InChI=1S/C34H37F5N6O3.3ClH/c1-44(19-32(20-48-2)7-3-8-32)27-17-26(21-14-23(34(37,38)39)16-24(35)15-21)41-31-29(27)42-30(43-31)25-5-4-22(18-40-25)33(36)9-12-45(13-10-33)11-6-28(46)47;;;/h4-5,14-18H,3,6-13,19-20H2,1-2H3,(H,46,47)(H,41,42,43);3*1H. The molecule has 1 saturated heterocycles. The van der Waals surface area contributed by atoms with Crippen LogP contribution >= 0.6 is 37.2 Å². The second-order valence-electron chi connectivity index (χ2n) is 13.1. The first-order chi connectivity index (χ1) is 22.8. The predicted octanol–water partition coefficient (Wildman–Crippen LogP) is 8.10. The van der Waals surface area contributed by atoms with E-state index in [1.54, 1.807) is 25.3 Å². The maximum absolute atomic E-state index is 16.0. The topological polar surface area (TPSA) is 107 Å². The van der Waals surface area contributed by atoms with E-state index in [2.05, 4.69) is 19.9 Å². The fourth-order valence-electron chi connectivity index (χ4n) is 6.83. The molecular weight excluding hydrogens is 742 g/mol. The number of anilines is 1. The Morgan fingerprint density at radius 2 is 1.75 bits per heavy atom. The van der Waals surface area contributed by atoms with Crippen LogP contribution in [0.5, 0.6) is 0 Å². The van der Waals surface area contributed by atoms with E-state index in [1.807, 2.05) is 16.8 Å². The number of piperidine rings is 1. The molecule has 1 aromatic carbocycles. The van der Waals surface area contributed by atoms with Crippen molar-refractivity contribution in [2.45, 2.75) is 50.4 Å². The van der Waals surface area contributed by atoms with Gasteiger partial charge in [0.15, 0.2) is 11.5 Å². The maximum atomic E-state index is 16.0. The van der Waals surface area contributed by atoms with E-state index < -0.39 is 29.2 Å². The van der Waals surface area contributed by atoms with Gasteiger partial charge < -0.3 is 24.6 Å². The van der Waals surface area contributed by atoms with E-state index in [0.29, 0.717) is 67.1 Å². The van der Waals surface area contributed by atoms with Crippen LogP contribution in [0.15, 0.2) is 42.6 Å². The minimum atomic E-state index is -4.75. The summed E-state index contributed by atoms with van der Waals surface area (Å²) in [5.41, 5.74) is -0.555. The number of ether oxygens (including phenoxy) is 1. The lowest BCUT2D eigenvalue weighted by Gasteiger charge is -2.44. The first kappa shape index (κ1) is 42.1. The lowest BCUT2D eigenvalue weighted by atomic mass is 9.69. The molecule has 0 unspecified atom stereocenters. The smallest absolute Gasteiger partial charge is 0.416 e. The van der Waals surface area contributed by atoms with Crippen molar-refractivity contribution in [3.8, 4) is 22.8 Å². The van der Waals surface area contributed by atoms with E-state index in [4.69, 9.17) is 9.84 Å². The minimum absolute atomic E-state index is 0. The highest BCUT2D eigenvalue weighted by Gasteiger charge is 2.39. The van der Waals surface area contributed by atoms with E-state index in [0.717, 1.165) is 31.4 Å². The Labute approximate surface area is 310 Å². The molecule has 17 heteroatoms. The number of halogens is 8. The summed E-state index contributed by atoms with van der Waals surface area (Å²) < 4.78 is 76.7. The third kappa shape index (κ3) is 9.20. The number of aromatic amines is 1. The quantitative estimate of drug-likeness (QED) is 0.147. The van der Waals surface area contributed by atoms with Crippen LogP contribution in [0.3, 0.4) is 0 Å². The zero-order valence-corrected chi connectivity index (χ0v) is 30.4. The number of alkyl halides is 4. The molecular formula is C34H40Cl3F5N6O3. The van der Waals surface area contributed by atoms with Gasteiger partial charge in [0.2, 0.25) is 0 Å². The highest BCUT2D eigenvalue weighted by molar-refractivity contribution is 5.91. The summed E-state index contributed by atoms with van der Waals surface area (Å²) in [7, 11) is 3.53. The summed E-state index contributed by atoms with van der Waals surface area (Å²) in [6.45, 7) is 2.39. The lowest BCUT2D eigenvalue weighted by molar-refractivity contribution is -0.138. The van der Waals surface area contributed by atoms with E-state index in [1.165, 1.54) is 6.20 Å². The monoisotopic (exact) mass is 780 g/mol. The Morgan fingerprint density at radius 1 is 1.04 bits per heavy atom. The van der Waals surface area contributed by atoms with Gasteiger partial charge in [-0.25, -0.2) is 18.7 Å². The summed E-state index contributed by atoms with van der Waals surface area (Å²) in [6, 6.07) is 7.28. The maximum Gasteiger partial charge on any atom is 0.416 e. The molecule has 51 heavy (non-hydrogen) atoms. The Kier molecular flexibility index (Phi) is 13.7. The number of methoxy groups -OCH3 is 1. The Morgan fingerprint density at radius 3 is 2.31 bits per heavy atom. The number of carboxylic acid groups (broad SMARTS) is 1. The molecule has 0 spiro atoms. The summed E-state index contributed by atoms with van der Waals surface area (Å²) in [5.74, 6) is -1.59. The molecule has 0 amide bonds. The molecule has 1 aliphatic heterocycles. The van der Waals surface area contributed by atoms with Crippen LogP contribution in [0.1, 0.15) is 49.7 Å². The fourth-order valence-corrected chi connectivity index (χ4v) is 6.83.